The molecule has 44 heteroatoms. The van der Waals surface area contributed by atoms with E-state index in [0.29, 0.717) is 56.7 Å². The molecule has 0 aliphatic carbocycles. The van der Waals surface area contributed by atoms with Gasteiger partial charge >= 0.3 is 5.97 Å². The number of aromatic hydroxyl groups is 1. The number of aliphatic hydroxyl groups is 4. The molecule has 8 rings (SSSR count). The number of thioether (sulfide) groups is 1. The Labute approximate surface area is 727 Å². The van der Waals surface area contributed by atoms with E-state index >= 15 is 9.59 Å². The molecule has 3 aromatic carbocycles. The SMILES string of the molecule is CCCC[C@H]1C(=O)N[C@@H](CC(N)=O)C(=O)N2CCC[C@H]2C(=O)N[C@@H](CO)C(=O)N[C@@H](CCO)C(=O)N2C[C@H](O)CC2C(=O)N[C@@H](Cc2c[nH]c3ccccc23)C(=O)N[C@@H](CO)C(=O)N[C@@H](Cc2c[nH]c3ccccc23)C(=O)N(C)[C@@H](C)C(=O)N(C)[C@@H](C)C(=O)N[C@@H](CCC(=O)O)C(=O)NC(C(=O)NCC(N)=O)CSCC(=O)N[C@@H](Cc2ccc(O)cc2)C(=O)N1C. The number of nitrogens with two attached hydrogens (primary N) is 2. The third kappa shape index (κ3) is 26.4. The first-order valence-electron chi connectivity index (χ1n) is 41.0. The number of primary amides is 2. The maximum atomic E-state index is 15.1. The van der Waals surface area contributed by atoms with Crippen LogP contribution in [0, 0.1) is 0 Å². The lowest BCUT2D eigenvalue weighted by Crippen LogP contribution is -2.61. The number of aromatic amines is 2. The molecule has 126 heavy (non-hydrogen) atoms. The highest BCUT2D eigenvalue weighted by atomic mass is 32.2. The van der Waals surface area contributed by atoms with Crippen molar-refractivity contribution in [1.82, 2.24) is 87.6 Å². The number of aliphatic hydroxyl groups excluding tert-OH is 4. The van der Waals surface area contributed by atoms with Gasteiger partial charge in [-0.15, -0.1) is 11.8 Å². The van der Waals surface area contributed by atoms with Gasteiger partial charge in [-0.1, -0.05) is 68.3 Å². The number of rotatable bonds is 21. The summed E-state index contributed by atoms with van der Waals surface area (Å²) in [6.45, 7) is -0.359. The lowest BCUT2D eigenvalue weighted by molar-refractivity contribution is -0.148. The molecule has 22 N–H and O–H groups in total. The van der Waals surface area contributed by atoms with Gasteiger partial charge in [0.05, 0.1) is 38.0 Å². The van der Waals surface area contributed by atoms with Crippen LogP contribution in [0.5, 0.6) is 5.75 Å². The molecule has 0 radical (unpaired) electrons. The van der Waals surface area contributed by atoms with Gasteiger partial charge in [-0.05, 0) is 86.9 Å². The fraction of sp³-hybridized carbons (Fsp3) is 0.512. The zero-order valence-electron chi connectivity index (χ0n) is 70.4. The molecule has 0 bridgehead atoms. The largest absolute Gasteiger partial charge is 0.508 e. The van der Waals surface area contributed by atoms with Crippen molar-refractivity contribution in [3.05, 3.63) is 102 Å². The lowest BCUT2D eigenvalue weighted by Gasteiger charge is -2.34. The minimum atomic E-state index is -1.93. The van der Waals surface area contributed by atoms with Gasteiger partial charge < -0.3 is 130 Å². The van der Waals surface area contributed by atoms with E-state index in [1.165, 1.54) is 59.3 Å². The Kier molecular flexibility index (Phi) is 36.2. The number of carboxylic acids is 1. The van der Waals surface area contributed by atoms with Gasteiger partial charge in [-0.2, -0.15) is 0 Å². The second kappa shape index (κ2) is 46.2. The van der Waals surface area contributed by atoms with E-state index in [2.05, 4.69) is 63.1 Å². The van der Waals surface area contributed by atoms with Gasteiger partial charge in [0.2, 0.25) is 100 Å². The number of hydrogen-bond donors (Lipinski definition) is 20. The maximum absolute atomic E-state index is 15.1. The normalized spacial score (nSPS) is 25.7. The molecule has 5 heterocycles. The standard InChI is InChI=1S/C82H111N19O24S/c1-7-8-18-62-75(118)93-58(33-65(83)107)82(125)100-27-13-19-63(100)76(119)95-60(39-104)73(116)90-54(26-28-102)81(124)101-37-48(106)32-64(101)77(120)91-55(30-45-34-85-51-16-11-9-14-49(45)51)72(115)94-59(38-103)74(117)92-57(31-46-35-86-52-17-12-10-15-50(46)52)79(122)98(5)43(3)78(121)97(4)42(2)69(112)89-53(24-25-68(110)111)71(114)96-61(70(113)87-36-66(84)108)40-126-41-67(109)88-56(80(123)99(62)6)29-44-20-22-47(105)23-21-44/h9-12,14-17,20-23,34-35,42-43,48,53-64,85-86,102-106H,7-8,13,18-19,24-33,36-41H2,1-6H3,(H2,83,107)(H2,84,108)(H,87,113)(H,88,109)(H,89,112)(H,90,116)(H,91,120)(H,92,117)(H,93,118)(H,94,115)(H,95,119)(H,96,114)(H,110,111)/t42-,43-,48+,53-,54-,55-,56-,57-,58-,59-,60-,61?,62-,63-,64?/m0/s1. The molecule has 0 saturated carbocycles. The first kappa shape index (κ1) is 98.6. The molecule has 3 saturated heterocycles. The van der Waals surface area contributed by atoms with E-state index in [-0.39, 0.29) is 57.2 Å². The highest BCUT2D eigenvalue weighted by molar-refractivity contribution is 8.00. The molecule has 3 fully saturated rings. The van der Waals surface area contributed by atoms with E-state index in [9.17, 15) is 107 Å². The van der Waals surface area contributed by atoms with Crippen molar-refractivity contribution < 1.29 is 117 Å². The van der Waals surface area contributed by atoms with E-state index in [4.69, 9.17) is 11.5 Å². The number of amides is 17. The molecule has 2 unspecified atom stereocenters. The van der Waals surface area contributed by atoms with Crippen molar-refractivity contribution in [2.75, 3.05) is 72.1 Å². The number of para-hydroxylation sites is 2. The van der Waals surface area contributed by atoms with Crippen LogP contribution in [0.25, 0.3) is 21.8 Å². The number of phenols is 1. The fourth-order valence-electron chi connectivity index (χ4n) is 15.0. The molecule has 684 valence electrons. The van der Waals surface area contributed by atoms with Gasteiger partial charge in [0.1, 0.15) is 90.3 Å². The van der Waals surface area contributed by atoms with Crippen LogP contribution in [0.3, 0.4) is 0 Å². The van der Waals surface area contributed by atoms with Gasteiger partial charge in [0, 0.05) is 113 Å². The van der Waals surface area contributed by atoms with E-state index in [1.54, 1.807) is 67.8 Å². The molecular formula is C82H111N19O24S. The Morgan fingerprint density at radius 2 is 1.04 bits per heavy atom. The average Bonchev–Trinajstić information content (AvgIpc) is 1.71. The number of unbranched alkanes of at least 4 members (excludes halogenated alkanes) is 1. The summed E-state index contributed by atoms with van der Waals surface area (Å²) in [7, 11) is 3.60. The van der Waals surface area contributed by atoms with Crippen molar-refractivity contribution in [3.8, 4) is 5.75 Å². The van der Waals surface area contributed by atoms with Gasteiger partial charge in [-0.25, -0.2) is 0 Å². The highest BCUT2D eigenvalue weighted by Crippen LogP contribution is 2.27. The quantitative estimate of drug-likeness (QED) is 0.0325. The Morgan fingerprint density at radius 3 is 1.63 bits per heavy atom. The second-order valence-electron chi connectivity index (χ2n) is 31.2. The van der Waals surface area contributed by atoms with Crippen molar-refractivity contribution in [2.45, 2.75) is 195 Å². The van der Waals surface area contributed by atoms with Gasteiger partial charge in [0.25, 0.3) is 0 Å². The van der Waals surface area contributed by atoms with Crippen LogP contribution < -0.4 is 64.6 Å². The van der Waals surface area contributed by atoms with E-state index in [0.717, 1.165) is 24.5 Å². The van der Waals surface area contributed by atoms with Gasteiger partial charge in [0.15, 0.2) is 0 Å². The summed E-state index contributed by atoms with van der Waals surface area (Å²) < 4.78 is 0. The zero-order chi connectivity index (χ0) is 92.5. The summed E-state index contributed by atoms with van der Waals surface area (Å²) in [5.74, 6) is -20.7. The van der Waals surface area contributed by atoms with Crippen LogP contribution in [0.2, 0.25) is 0 Å². The van der Waals surface area contributed by atoms with Crippen molar-refractivity contribution in [1.29, 1.82) is 0 Å². The minimum Gasteiger partial charge on any atom is -0.508 e. The number of phenolic OH excluding ortho intramolecular Hbond substituents is 1. The maximum Gasteiger partial charge on any atom is 0.303 e. The molecule has 43 nitrogen and oxygen atoms in total. The molecule has 3 aliphatic heterocycles. The Morgan fingerprint density at radius 1 is 0.524 bits per heavy atom. The molecule has 2 aromatic heterocycles. The predicted molar refractivity (Wildman–Crippen MR) is 451 cm³/mol. The Hall–Kier alpha value is -12.8. The molecule has 15 atom stereocenters. The van der Waals surface area contributed by atoms with Crippen LogP contribution in [0.1, 0.15) is 102 Å². The molecule has 0 spiro atoms. The van der Waals surface area contributed by atoms with Crippen molar-refractivity contribution in [3.63, 3.8) is 0 Å². The lowest BCUT2D eigenvalue weighted by atomic mass is 10.0. The monoisotopic (exact) mass is 1780 g/mol. The number of carboxylic acid groups (broad SMARTS) is 1. The topological polar surface area (TPSA) is 649 Å². The summed E-state index contributed by atoms with van der Waals surface area (Å²) in [5, 5.41) is 89.1. The molecule has 17 amide bonds. The summed E-state index contributed by atoms with van der Waals surface area (Å²) >= 11 is 0.689. The summed E-state index contributed by atoms with van der Waals surface area (Å²) in [6, 6.07) is -4.34. The molecule has 3 aliphatic rings. The number of carbonyl (C=O) groups excluding carboxylic acids is 17. The summed E-state index contributed by atoms with van der Waals surface area (Å²) in [4.78, 5) is 267. The van der Waals surface area contributed by atoms with Crippen LogP contribution in [-0.4, -0.2) is 334 Å². The number of fused-ring (bicyclic) bond motifs is 4. The van der Waals surface area contributed by atoms with E-state index < -0.39 is 274 Å². The predicted octanol–water partition coefficient (Wildman–Crippen LogP) is -6.13. The minimum absolute atomic E-state index is 0.0950. The molecular weight excluding hydrogens is 1670 g/mol. The fourth-order valence-corrected chi connectivity index (χ4v) is 15.8. The second-order valence-corrected chi connectivity index (χ2v) is 32.3. The Balaban J connectivity index is 1.15. The third-order valence-corrected chi connectivity index (χ3v) is 23.3. The first-order valence-corrected chi connectivity index (χ1v) is 42.2. The van der Waals surface area contributed by atoms with E-state index in [1.807, 2.05) is 0 Å². The average molecular weight is 1780 g/mol. The number of carbonyl (C=O) groups is 18. The number of aliphatic carboxylic acids is 1. The van der Waals surface area contributed by atoms with Crippen molar-refractivity contribution in [2.24, 2.45) is 11.5 Å². The zero-order valence-corrected chi connectivity index (χ0v) is 71.2. The van der Waals surface area contributed by atoms with Crippen LogP contribution in [-0.2, 0) is 106 Å². The number of aromatic nitrogens is 2. The van der Waals surface area contributed by atoms with Crippen molar-refractivity contribution >= 4 is 140 Å². The smallest absolute Gasteiger partial charge is 0.303 e. The number of hydrogen-bond acceptors (Lipinski definition) is 24. The number of nitrogens with one attached hydrogen (secondary N) is 12. The first-order chi connectivity index (χ1) is 59.9. The number of likely N-dealkylation sites (N-methyl/N-ethyl adjacent to an activating group) is 3. The van der Waals surface area contributed by atoms with Crippen LogP contribution >= 0.6 is 11.8 Å². The number of nitrogens with zero attached hydrogens (tertiary/aromatic N) is 5. The third-order valence-electron chi connectivity index (χ3n) is 22.3. The van der Waals surface area contributed by atoms with Crippen LogP contribution in [0.4, 0.5) is 0 Å². The Bertz CT molecular complexity index is 4820. The number of benzene rings is 3. The number of H-pyrrole nitrogens is 2. The van der Waals surface area contributed by atoms with Crippen LogP contribution in [0.15, 0.2) is 85.2 Å². The summed E-state index contributed by atoms with van der Waals surface area (Å²) in [6.07, 6.45) is -2.02. The van der Waals surface area contributed by atoms with Gasteiger partial charge in [-0.3, -0.25) is 86.3 Å². The summed E-state index contributed by atoms with van der Waals surface area (Å²) in [5.41, 5.74) is 13.5. The highest BCUT2D eigenvalue weighted by Gasteiger charge is 2.46. The molecule has 5 aromatic rings.